The third-order valence-electron chi connectivity index (χ3n) is 4.71. The molecule has 7 nitrogen and oxygen atoms in total. The second kappa shape index (κ2) is 8.48. The van der Waals surface area contributed by atoms with E-state index in [4.69, 9.17) is 0 Å². The summed E-state index contributed by atoms with van der Waals surface area (Å²) >= 11 is 1.47. The van der Waals surface area contributed by atoms with Crippen molar-refractivity contribution in [2.24, 2.45) is 0 Å². The fourth-order valence-corrected chi connectivity index (χ4v) is 4.05. The van der Waals surface area contributed by atoms with Crippen molar-refractivity contribution in [2.45, 2.75) is 32.7 Å². The molecule has 0 bridgehead atoms. The number of rotatable bonds is 5. The van der Waals surface area contributed by atoms with Crippen LogP contribution >= 0.6 is 11.3 Å². The Morgan fingerprint density at radius 1 is 1.21 bits per heavy atom. The monoisotopic (exact) mass is 406 g/mol. The van der Waals surface area contributed by atoms with Gasteiger partial charge in [-0.25, -0.2) is 9.97 Å². The number of carbonyl (C=O) groups excluding carboxylic acids is 1. The van der Waals surface area contributed by atoms with Gasteiger partial charge in [0.1, 0.15) is 16.6 Å². The van der Waals surface area contributed by atoms with E-state index in [9.17, 15) is 4.79 Å². The summed E-state index contributed by atoms with van der Waals surface area (Å²) in [5.74, 6) is 1.33. The van der Waals surface area contributed by atoms with Gasteiger partial charge in [-0.15, -0.1) is 10.2 Å². The zero-order chi connectivity index (χ0) is 20.2. The van der Waals surface area contributed by atoms with Crippen LogP contribution in [0.2, 0.25) is 0 Å². The van der Waals surface area contributed by atoms with E-state index >= 15 is 0 Å². The van der Waals surface area contributed by atoms with Gasteiger partial charge in [0.05, 0.1) is 11.7 Å². The van der Waals surface area contributed by atoms with E-state index in [1.807, 2.05) is 61.2 Å². The molecule has 1 fully saturated rings. The maximum absolute atomic E-state index is 12.8. The number of nitrogens with one attached hydrogen (secondary N) is 1. The number of aromatic nitrogens is 4. The standard InChI is InChI=1S/C21H22N6OS/c1-14-22-17(13-19(23-14)24-21-26-25-15(2)29-21)18-9-6-12-27(18)20(28)11-10-16-7-4-3-5-8-16/h3-5,7-8,10-11,13,18H,6,9,12H2,1-2H3,(H,22,23,24,26)/b11-10+/t18-/m0/s1. The number of hydrogen-bond acceptors (Lipinski definition) is 7. The molecule has 0 unspecified atom stereocenters. The van der Waals surface area contributed by atoms with Gasteiger partial charge in [0.15, 0.2) is 0 Å². The summed E-state index contributed by atoms with van der Waals surface area (Å²) in [6, 6.07) is 11.7. The number of anilines is 2. The summed E-state index contributed by atoms with van der Waals surface area (Å²) in [5, 5.41) is 12.9. The first kappa shape index (κ1) is 19.2. The summed E-state index contributed by atoms with van der Waals surface area (Å²) in [6.07, 6.45) is 5.34. The van der Waals surface area contributed by atoms with Crippen molar-refractivity contribution in [3.63, 3.8) is 0 Å². The second-order valence-corrected chi connectivity index (χ2v) is 8.09. The summed E-state index contributed by atoms with van der Waals surface area (Å²) in [7, 11) is 0. The lowest BCUT2D eigenvalue weighted by Crippen LogP contribution is -2.29. The number of benzene rings is 1. The topological polar surface area (TPSA) is 83.9 Å². The maximum Gasteiger partial charge on any atom is 0.247 e. The molecule has 1 aliphatic heterocycles. The molecule has 148 valence electrons. The van der Waals surface area contributed by atoms with Crippen molar-refractivity contribution >= 4 is 34.3 Å². The highest BCUT2D eigenvalue weighted by molar-refractivity contribution is 7.15. The highest BCUT2D eigenvalue weighted by Crippen LogP contribution is 2.32. The number of hydrogen-bond donors (Lipinski definition) is 1. The molecule has 0 radical (unpaired) electrons. The quantitative estimate of drug-likeness (QED) is 0.643. The molecule has 0 aliphatic carbocycles. The first-order valence-electron chi connectivity index (χ1n) is 9.55. The third-order valence-corrected chi connectivity index (χ3v) is 5.47. The minimum atomic E-state index is -0.0543. The summed E-state index contributed by atoms with van der Waals surface area (Å²) < 4.78 is 0. The molecule has 1 atom stereocenters. The van der Waals surface area contributed by atoms with E-state index in [2.05, 4.69) is 25.5 Å². The average molecular weight is 407 g/mol. The highest BCUT2D eigenvalue weighted by Gasteiger charge is 2.30. The van der Waals surface area contributed by atoms with E-state index in [0.29, 0.717) is 16.8 Å². The Bertz CT molecular complexity index is 1030. The van der Waals surface area contributed by atoms with Gasteiger partial charge in [0, 0.05) is 18.7 Å². The van der Waals surface area contributed by atoms with E-state index in [1.165, 1.54) is 11.3 Å². The fourth-order valence-electron chi connectivity index (χ4n) is 3.45. The van der Waals surface area contributed by atoms with Crippen LogP contribution in [-0.4, -0.2) is 37.5 Å². The SMILES string of the molecule is Cc1nc(Nc2nnc(C)s2)cc([C@@H]2CCCN2C(=O)/C=C/c2ccccc2)n1. The van der Waals surface area contributed by atoms with Gasteiger partial charge in [-0.2, -0.15) is 0 Å². The maximum atomic E-state index is 12.8. The lowest BCUT2D eigenvalue weighted by Gasteiger charge is -2.23. The Balaban J connectivity index is 1.53. The molecule has 1 saturated heterocycles. The molecular weight excluding hydrogens is 384 g/mol. The Kier molecular flexibility index (Phi) is 5.62. The molecule has 8 heteroatoms. The minimum absolute atomic E-state index is 0.00174. The summed E-state index contributed by atoms with van der Waals surface area (Å²) in [4.78, 5) is 23.8. The van der Waals surface area contributed by atoms with Crippen molar-refractivity contribution in [3.05, 3.63) is 64.6 Å². The molecule has 1 aliphatic rings. The highest BCUT2D eigenvalue weighted by atomic mass is 32.1. The van der Waals surface area contributed by atoms with Gasteiger partial charge in [0.2, 0.25) is 11.0 Å². The fraction of sp³-hybridized carbons (Fsp3) is 0.286. The van der Waals surface area contributed by atoms with Crippen molar-refractivity contribution in [1.29, 1.82) is 0 Å². The third kappa shape index (κ3) is 4.65. The van der Waals surface area contributed by atoms with E-state index < -0.39 is 0 Å². The van der Waals surface area contributed by atoms with Crippen molar-refractivity contribution in [1.82, 2.24) is 25.1 Å². The zero-order valence-electron chi connectivity index (χ0n) is 16.4. The van der Waals surface area contributed by atoms with Crippen molar-refractivity contribution in [2.75, 3.05) is 11.9 Å². The van der Waals surface area contributed by atoms with Crippen LogP contribution in [0.15, 0.2) is 42.5 Å². The molecule has 2 aromatic heterocycles. The Morgan fingerprint density at radius 2 is 2.03 bits per heavy atom. The molecule has 1 aromatic carbocycles. The molecular formula is C21H22N6OS. The molecule has 0 saturated carbocycles. The molecule has 1 N–H and O–H groups in total. The van der Waals surface area contributed by atoms with Crippen LogP contribution in [0.4, 0.5) is 10.9 Å². The number of amides is 1. The predicted octanol–water partition coefficient (Wildman–Crippen LogP) is 4.07. The Labute approximate surface area is 173 Å². The van der Waals surface area contributed by atoms with Crippen molar-refractivity contribution in [3.8, 4) is 0 Å². The van der Waals surface area contributed by atoms with Gasteiger partial charge >= 0.3 is 0 Å². The average Bonchev–Trinajstić information content (AvgIpc) is 3.36. The number of nitrogens with zero attached hydrogens (tertiary/aromatic N) is 5. The smallest absolute Gasteiger partial charge is 0.247 e. The minimum Gasteiger partial charge on any atom is -0.331 e. The van der Waals surface area contributed by atoms with E-state index in [0.717, 1.165) is 35.7 Å². The van der Waals surface area contributed by atoms with Crippen LogP contribution in [0.25, 0.3) is 6.08 Å². The molecule has 1 amide bonds. The van der Waals surface area contributed by atoms with Crippen LogP contribution in [0.3, 0.4) is 0 Å². The van der Waals surface area contributed by atoms with Crippen LogP contribution < -0.4 is 5.32 Å². The summed E-state index contributed by atoms with van der Waals surface area (Å²) in [6.45, 7) is 4.49. The van der Waals surface area contributed by atoms with Gasteiger partial charge < -0.3 is 10.2 Å². The van der Waals surface area contributed by atoms with Crippen LogP contribution in [0.5, 0.6) is 0 Å². The first-order valence-corrected chi connectivity index (χ1v) is 10.4. The van der Waals surface area contributed by atoms with Gasteiger partial charge in [0.25, 0.3) is 0 Å². The van der Waals surface area contributed by atoms with Crippen LogP contribution in [0, 0.1) is 13.8 Å². The molecule has 3 heterocycles. The van der Waals surface area contributed by atoms with E-state index in [1.54, 1.807) is 6.08 Å². The molecule has 4 rings (SSSR count). The second-order valence-electron chi connectivity index (χ2n) is 6.91. The predicted molar refractivity (Wildman–Crippen MR) is 114 cm³/mol. The molecule has 3 aromatic rings. The number of carbonyl (C=O) groups is 1. The van der Waals surface area contributed by atoms with Gasteiger partial charge in [-0.1, -0.05) is 41.7 Å². The molecule has 29 heavy (non-hydrogen) atoms. The van der Waals surface area contributed by atoms with Crippen LogP contribution in [0.1, 0.15) is 41.0 Å². The Morgan fingerprint density at radius 3 is 2.79 bits per heavy atom. The lowest BCUT2D eigenvalue weighted by atomic mass is 10.1. The van der Waals surface area contributed by atoms with Crippen molar-refractivity contribution < 1.29 is 4.79 Å². The first-order chi connectivity index (χ1) is 14.1. The number of aryl methyl sites for hydroxylation is 2. The molecule has 0 spiro atoms. The van der Waals surface area contributed by atoms with Gasteiger partial charge in [-0.3, -0.25) is 4.79 Å². The van der Waals surface area contributed by atoms with Gasteiger partial charge in [-0.05, 0) is 38.3 Å². The summed E-state index contributed by atoms with van der Waals surface area (Å²) in [5.41, 5.74) is 1.86. The van der Waals surface area contributed by atoms with E-state index in [-0.39, 0.29) is 11.9 Å². The zero-order valence-corrected chi connectivity index (χ0v) is 17.2. The number of likely N-dealkylation sites (tertiary alicyclic amines) is 1. The Hall–Kier alpha value is -3.13. The lowest BCUT2D eigenvalue weighted by molar-refractivity contribution is -0.126. The largest absolute Gasteiger partial charge is 0.331 e. The van der Waals surface area contributed by atoms with Crippen LogP contribution in [-0.2, 0) is 4.79 Å². The normalized spacial score (nSPS) is 16.5.